The van der Waals surface area contributed by atoms with E-state index in [0.29, 0.717) is 18.7 Å². The first kappa shape index (κ1) is 12.0. The third kappa shape index (κ3) is 3.00. The summed E-state index contributed by atoms with van der Waals surface area (Å²) in [6.45, 7) is 2.47. The van der Waals surface area contributed by atoms with Gasteiger partial charge in [0.25, 0.3) is 0 Å². The van der Waals surface area contributed by atoms with Gasteiger partial charge in [0.05, 0.1) is 11.0 Å². The fourth-order valence-electron chi connectivity index (χ4n) is 1.68. The molecule has 0 spiro atoms. The molecule has 0 aliphatic rings. The number of hydrogen-bond acceptors (Lipinski definition) is 3. The van der Waals surface area contributed by atoms with Crippen LogP contribution in [0.4, 0.5) is 0 Å². The molecule has 0 radical (unpaired) electrons. The second kappa shape index (κ2) is 5.23. The van der Waals surface area contributed by atoms with E-state index in [0.717, 1.165) is 22.4 Å². The van der Waals surface area contributed by atoms with E-state index in [2.05, 4.69) is 27.9 Å². The van der Waals surface area contributed by atoms with Crippen molar-refractivity contribution in [2.24, 2.45) is 0 Å². The van der Waals surface area contributed by atoms with Crippen LogP contribution < -0.4 is 5.32 Å². The van der Waals surface area contributed by atoms with Crippen LogP contribution in [0.5, 0.6) is 0 Å². The van der Waals surface area contributed by atoms with E-state index in [1.165, 1.54) is 0 Å². The Kier molecular flexibility index (Phi) is 3.68. The van der Waals surface area contributed by atoms with Crippen molar-refractivity contribution in [1.29, 1.82) is 0 Å². The van der Waals surface area contributed by atoms with Gasteiger partial charge in [0.15, 0.2) is 0 Å². The zero-order chi connectivity index (χ0) is 12.3. The molecule has 0 saturated heterocycles. The highest BCUT2D eigenvalue weighted by atomic mass is 32.1. The maximum Gasteiger partial charge on any atom is 0.221 e. The van der Waals surface area contributed by atoms with Crippen molar-refractivity contribution < 1.29 is 4.79 Å². The summed E-state index contributed by atoms with van der Waals surface area (Å²) >= 11 is 4.02. The van der Waals surface area contributed by atoms with Crippen LogP contribution in [0.1, 0.15) is 17.8 Å². The van der Waals surface area contributed by atoms with Crippen LogP contribution >= 0.6 is 12.6 Å². The SMILES string of the molecule is Cc1nc2ccc(CNC(=O)CCS)cc2[nH]1. The molecule has 0 atom stereocenters. The molecule has 0 aliphatic heterocycles. The maximum absolute atomic E-state index is 11.3. The maximum atomic E-state index is 11.3. The molecule has 1 heterocycles. The molecule has 2 rings (SSSR count). The molecule has 2 N–H and O–H groups in total. The van der Waals surface area contributed by atoms with Crippen molar-refractivity contribution >= 4 is 29.6 Å². The molecule has 4 nitrogen and oxygen atoms in total. The van der Waals surface area contributed by atoms with Crippen LogP contribution in [-0.4, -0.2) is 21.6 Å². The van der Waals surface area contributed by atoms with E-state index in [1.807, 2.05) is 25.1 Å². The Bertz CT molecular complexity index is 536. The van der Waals surface area contributed by atoms with Gasteiger partial charge in [0.1, 0.15) is 5.82 Å². The first-order valence-electron chi connectivity index (χ1n) is 5.52. The van der Waals surface area contributed by atoms with Gasteiger partial charge in [-0.2, -0.15) is 12.6 Å². The molecular formula is C12H15N3OS. The largest absolute Gasteiger partial charge is 0.352 e. The fraction of sp³-hybridized carbons (Fsp3) is 0.333. The average molecular weight is 249 g/mol. The summed E-state index contributed by atoms with van der Waals surface area (Å²) in [5, 5.41) is 2.85. The summed E-state index contributed by atoms with van der Waals surface area (Å²) in [6.07, 6.45) is 0.453. The van der Waals surface area contributed by atoms with Gasteiger partial charge < -0.3 is 10.3 Å². The Labute approximate surface area is 105 Å². The number of carbonyl (C=O) groups excluding carboxylic acids is 1. The number of thiol groups is 1. The molecule has 0 fully saturated rings. The van der Waals surface area contributed by atoms with E-state index in [1.54, 1.807) is 0 Å². The number of benzene rings is 1. The molecular weight excluding hydrogens is 234 g/mol. The number of hydrogen-bond donors (Lipinski definition) is 3. The van der Waals surface area contributed by atoms with Crippen molar-refractivity contribution in [3.05, 3.63) is 29.6 Å². The van der Waals surface area contributed by atoms with E-state index in [9.17, 15) is 4.79 Å². The molecule has 2 aromatic rings. The number of amides is 1. The summed E-state index contributed by atoms with van der Waals surface area (Å²) in [5.74, 6) is 1.50. The number of aryl methyl sites for hydroxylation is 1. The van der Waals surface area contributed by atoms with E-state index in [4.69, 9.17) is 0 Å². The second-order valence-electron chi connectivity index (χ2n) is 3.92. The van der Waals surface area contributed by atoms with Gasteiger partial charge >= 0.3 is 0 Å². The number of aromatic amines is 1. The zero-order valence-corrected chi connectivity index (χ0v) is 10.6. The first-order chi connectivity index (χ1) is 8.19. The number of aromatic nitrogens is 2. The Balaban J connectivity index is 2.06. The molecule has 1 aromatic carbocycles. The number of nitrogens with zero attached hydrogens (tertiary/aromatic N) is 1. The molecule has 90 valence electrons. The minimum atomic E-state index is 0.0286. The second-order valence-corrected chi connectivity index (χ2v) is 4.37. The molecule has 17 heavy (non-hydrogen) atoms. The fourth-order valence-corrected chi connectivity index (χ4v) is 1.89. The lowest BCUT2D eigenvalue weighted by Gasteiger charge is -2.04. The van der Waals surface area contributed by atoms with Gasteiger partial charge in [0, 0.05) is 13.0 Å². The summed E-state index contributed by atoms with van der Waals surface area (Å²) in [6, 6.07) is 5.94. The molecule has 1 amide bonds. The highest BCUT2D eigenvalue weighted by Crippen LogP contribution is 2.13. The quantitative estimate of drug-likeness (QED) is 0.724. The standard InChI is InChI=1S/C12H15N3OS/c1-8-14-10-3-2-9(6-11(10)15-8)7-13-12(16)4-5-17/h2-3,6,17H,4-5,7H2,1H3,(H,13,16)(H,14,15). The summed E-state index contributed by atoms with van der Waals surface area (Å²) in [4.78, 5) is 18.8. The van der Waals surface area contributed by atoms with Crippen LogP contribution in [0.15, 0.2) is 18.2 Å². The predicted molar refractivity (Wildman–Crippen MR) is 71.1 cm³/mol. The minimum absolute atomic E-state index is 0.0286. The van der Waals surface area contributed by atoms with Crippen LogP contribution in [0, 0.1) is 6.92 Å². The number of nitrogens with one attached hydrogen (secondary N) is 2. The van der Waals surface area contributed by atoms with Crippen LogP contribution in [0.2, 0.25) is 0 Å². The van der Waals surface area contributed by atoms with Crippen molar-refractivity contribution in [2.75, 3.05) is 5.75 Å². The molecule has 1 aromatic heterocycles. The van der Waals surface area contributed by atoms with Crippen molar-refractivity contribution in [1.82, 2.24) is 15.3 Å². The average Bonchev–Trinajstić information content (AvgIpc) is 2.66. The Hall–Kier alpha value is -1.49. The van der Waals surface area contributed by atoms with Crippen LogP contribution in [0.3, 0.4) is 0 Å². The molecule has 0 saturated carbocycles. The molecule has 0 bridgehead atoms. The minimum Gasteiger partial charge on any atom is -0.352 e. The molecule has 5 heteroatoms. The molecule has 0 aliphatic carbocycles. The lowest BCUT2D eigenvalue weighted by molar-refractivity contribution is -0.120. The number of fused-ring (bicyclic) bond motifs is 1. The normalized spacial score (nSPS) is 10.7. The van der Waals surface area contributed by atoms with Gasteiger partial charge in [-0.15, -0.1) is 0 Å². The van der Waals surface area contributed by atoms with Gasteiger partial charge in [-0.25, -0.2) is 4.98 Å². The highest BCUT2D eigenvalue weighted by Gasteiger charge is 2.02. The van der Waals surface area contributed by atoms with Crippen LogP contribution in [0.25, 0.3) is 11.0 Å². The van der Waals surface area contributed by atoms with E-state index in [-0.39, 0.29) is 5.91 Å². The van der Waals surface area contributed by atoms with Gasteiger partial charge in [0.2, 0.25) is 5.91 Å². The Morgan fingerprint density at radius 2 is 2.35 bits per heavy atom. The lowest BCUT2D eigenvalue weighted by atomic mass is 10.2. The number of carbonyl (C=O) groups is 1. The summed E-state index contributed by atoms with van der Waals surface area (Å²) in [7, 11) is 0. The van der Waals surface area contributed by atoms with Gasteiger partial charge in [-0.3, -0.25) is 4.79 Å². The van der Waals surface area contributed by atoms with Crippen molar-refractivity contribution in [2.45, 2.75) is 19.9 Å². The summed E-state index contributed by atoms with van der Waals surface area (Å²) in [5.41, 5.74) is 3.02. The first-order valence-corrected chi connectivity index (χ1v) is 6.15. The third-order valence-corrected chi connectivity index (χ3v) is 2.72. The Morgan fingerprint density at radius 1 is 1.53 bits per heavy atom. The lowest BCUT2D eigenvalue weighted by Crippen LogP contribution is -2.22. The third-order valence-electron chi connectivity index (χ3n) is 2.49. The number of imidazole rings is 1. The monoisotopic (exact) mass is 249 g/mol. The molecule has 0 unspecified atom stereocenters. The van der Waals surface area contributed by atoms with Gasteiger partial charge in [-0.05, 0) is 30.4 Å². The summed E-state index contributed by atoms with van der Waals surface area (Å²) < 4.78 is 0. The smallest absolute Gasteiger partial charge is 0.221 e. The van der Waals surface area contributed by atoms with E-state index >= 15 is 0 Å². The predicted octanol–water partition coefficient (Wildman–Crippen LogP) is 1.81. The topological polar surface area (TPSA) is 57.8 Å². The van der Waals surface area contributed by atoms with E-state index < -0.39 is 0 Å². The Morgan fingerprint density at radius 3 is 3.12 bits per heavy atom. The van der Waals surface area contributed by atoms with Crippen molar-refractivity contribution in [3.8, 4) is 0 Å². The van der Waals surface area contributed by atoms with Crippen molar-refractivity contribution in [3.63, 3.8) is 0 Å². The highest BCUT2D eigenvalue weighted by molar-refractivity contribution is 7.80. The van der Waals surface area contributed by atoms with Crippen LogP contribution in [-0.2, 0) is 11.3 Å². The zero-order valence-electron chi connectivity index (χ0n) is 9.66. The number of rotatable bonds is 4. The number of H-pyrrole nitrogens is 1. The van der Waals surface area contributed by atoms with Gasteiger partial charge in [-0.1, -0.05) is 6.07 Å².